The van der Waals surface area contributed by atoms with Gasteiger partial charge in [-0.05, 0) is 42.8 Å². The Morgan fingerprint density at radius 1 is 1.33 bits per heavy atom. The molecule has 1 aliphatic carbocycles. The molecule has 0 fully saturated rings. The van der Waals surface area contributed by atoms with Crippen LogP contribution in [0.25, 0.3) is 0 Å². The Hall–Kier alpha value is -0.370. The summed E-state index contributed by atoms with van der Waals surface area (Å²) >= 11 is 1.61. The largest absolute Gasteiger partial charge is 0.197 e. The van der Waals surface area contributed by atoms with E-state index in [0.29, 0.717) is 0 Å². The lowest BCUT2D eigenvalue weighted by Gasteiger charge is -2.07. The molecule has 2 rings (SSSR count). The predicted octanol–water partition coefficient (Wildman–Crippen LogP) is 2.02. The molecule has 1 heterocycles. The molecule has 0 saturated heterocycles. The van der Waals surface area contributed by atoms with Crippen molar-refractivity contribution < 1.29 is 0 Å². The van der Waals surface area contributed by atoms with Gasteiger partial charge < -0.3 is 0 Å². The molecule has 0 amide bonds. The van der Waals surface area contributed by atoms with Gasteiger partial charge in [0.05, 0.1) is 5.69 Å². The van der Waals surface area contributed by atoms with Crippen molar-refractivity contribution in [3.8, 4) is 0 Å². The maximum Gasteiger partial charge on any atom is 0.0574 e. The van der Waals surface area contributed by atoms with Crippen molar-refractivity contribution >= 4 is 11.5 Å². The number of fused-ring (bicyclic) bond motifs is 1. The SMILES string of the molecule is c1snc2c1CCCC2. The summed E-state index contributed by atoms with van der Waals surface area (Å²) in [5.41, 5.74) is 2.87. The third-order valence-electron chi connectivity index (χ3n) is 1.84. The van der Waals surface area contributed by atoms with Gasteiger partial charge in [0.25, 0.3) is 0 Å². The highest BCUT2D eigenvalue weighted by Gasteiger charge is 2.09. The summed E-state index contributed by atoms with van der Waals surface area (Å²) in [5, 5.41) is 2.19. The molecule has 0 N–H and O–H groups in total. The lowest BCUT2D eigenvalue weighted by molar-refractivity contribution is 0.678. The summed E-state index contributed by atoms with van der Waals surface area (Å²) in [6.07, 6.45) is 5.20. The molecule has 0 bridgehead atoms. The maximum absolute atomic E-state index is 4.30. The zero-order chi connectivity index (χ0) is 6.10. The van der Waals surface area contributed by atoms with Crippen LogP contribution in [0.1, 0.15) is 24.1 Å². The third-order valence-corrected chi connectivity index (χ3v) is 2.55. The van der Waals surface area contributed by atoms with E-state index in [0.717, 1.165) is 0 Å². The Kier molecular flexibility index (Phi) is 1.27. The average Bonchev–Trinajstić information content (AvgIpc) is 2.33. The van der Waals surface area contributed by atoms with Gasteiger partial charge >= 0.3 is 0 Å². The van der Waals surface area contributed by atoms with E-state index in [2.05, 4.69) is 9.75 Å². The van der Waals surface area contributed by atoms with E-state index in [4.69, 9.17) is 0 Å². The first-order chi connectivity index (χ1) is 4.47. The summed E-state index contributed by atoms with van der Waals surface area (Å²) in [6, 6.07) is 0. The molecule has 0 unspecified atom stereocenters. The highest BCUT2D eigenvalue weighted by atomic mass is 32.1. The summed E-state index contributed by atoms with van der Waals surface area (Å²) in [6.45, 7) is 0. The number of hydrogen-bond acceptors (Lipinski definition) is 2. The van der Waals surface area contributed by atoms with E-state index in [9.17, 15) is 0 Å². The molecular formula is C7H9NS. The summed E-state index contributed by atoms with van der Waals surface area (Å²) in [4.78, 5) is 0. The predicted molar refractivity (Wildman–Crippen MR) is 38.8 cm³/mol. The van der Waals surface area contributed by atoms with Crippen LogP contribution in [-0.2, 0) is 12.8 Å². The van der Waals surface area contributed by atoms with Gasteiger partial charge in [-0.15, -0.1) is 0 Å². The topological polar surface area (TPSA) is 12.9 Å². The van der Waals surface area contributed by atoms with E-state index in [1.165, 1.54) is 36.9 Å². The fourth-order valence-corrected chi connectivity index (χ4v) is 2.07. The first-order valence-corrected chi connectivity index (χ1v) is 4.22. The molecule has 1 nitrogen and oxygen atoms in total. The van der Waals surface area contributed by atoms with Gasteiger partial charge in [0.15, 0.2) is 0 Å². The molecule has 1 aromatic heterocycles. The quantitative estimate of drug-likeness (QED) is 0.536. The Balaban J connectivity index is 2.39. The maximum atomic E-state index is 4.30. The number of aryl methyl sites for hydroxylation is 2. The van der Waals surface area contributed by atoms with Crippen molar-refractivity contribution in [3.63, 3.8) is 0 Å². The third kappa shape index (κ3) is 0.874. The van der Waals surface area contributed by atoms with Gasteiger partial charge in [0.1, 0.15) is 0 Å². The molecule has 0 spiro atoms. The summed E-state index contributed by atoms with van der Waals surface area (Å²) in [7, 11) is 0. The van der Waals surface area contributed by atoms with Crippen LogP contribution in [0.4, 0.5) is 0 Å². The van der Waals surface area contributed by atoms with Crippen LogP contribution in [0.5, 0.6) is 0 Å². The van der Waals surface area contributed by atoms with Gasteiger partial charge in [0.2, 0.25) is 0 Å². The van der Waals surface area contributed by atoms with Crippen molar-refractivity contribution in [3.05, 3.63) is 16.6 Å². The minimum Gasteiger partial charge on any atom is -0.197 e. The molecule has 1 aromatic rings. The van der Waals surface area contributed by atoms with Crippen LogP contribution in [-0.4, -0.2) is 4.37 Å². The van der Waals surface area contributed by atoms with Crippen LogP contribution < -0.4 is 0 Å². The zero-order valence-corrected chi connectivity index (χ0v) is 6.08. The first-order valence-electron chi connectivity index (χ1n) is 3.39. The van der Waals surface area contributed by atoms with Gasteiger partial charge in [0, 0.05) is 5.38 Å². The summed E-state index contributed by atoms with van der Waals surface area (Å²) in [5.74, 6) is 0. The van der Waals surface area contributed by atoms with Gasteiger partial charge in [-0.25, -0.2) is 0 Å². The van der Waals surface area contributed by atoms with Gasteiger partial charge in [-0.2, -0.15) is 4.37 Å². The molecule has 0 radical (unpaired) electrons. The smallest absolute Gasteiger partial charge is 0.0574 e. The molecule has 1 aliphatic rings. The number of rotatable bonds is 0. The molecule has 2 heteroatoms. The second-order valence-corrected chi connectivity index (χ2v) is 3.12. The van der Waals surface area contributed by atoms with Gasteiger partial charge in [-0.1, -0.05) is 0 Å². The first kappa shape index (κ1) is 5.42. The second kappa shape index (κ2) is 2.10. The minimum absolute atomic E-state index is 1.22. The van der Waals surface area contributed by atoms with Crippen LogP contribution in [0.2, 0.25) is 0 Å². The van der Waals surface area contributed by atoms with E-state index >= 15 is 0 Å². The number of nitrogens with zero attached hydrogens (tertiary/aromatic N) is 1. The highest BCUT2D eigenvalue weighted by molar-refractivity contribution is 7.03. The lowest BCUT2D eigenvalue weighted by atomic mass is 9.99. The van der Waals surface area contributed by atoms with Crippen molar-refractivity contribution in [2.75, 3.05) is 0 Å². The molecule has 48 valence electrons. The Bertz CT molecular complexity index is 184. The Morgan fingerprint density at radius 3 is 3.11 bits per heavy atom. The fraction of sp³-hybridized carbons (Fsp3) is 0.571. The van der Waals surface area contributed by atoms with E-state index in [-0.39, 0.29) is 0 Å². The summed E-state index contributed by atoms with van der Waals surface area (Å²) < 4.78 is 4.30. The standard InChI is InChI=1S/C7H9NS/c1-2-4-7-6(3-1)5-9-8-7/h5H,1-4H2. The Labute approximate surface area is 58.9 Å². The number of hydrogen-bond donors (Lipinski definition) is 0. The minimum atomic E-state index is 1.22. The van der Waals surface area contributed by atoms with Crippen molar-refractivity contribution in [1.29, 1.82) is 0 Å². The van der Waals surface area contributed by atoms with Crippen LogP contribution in [0.15, 0.2) is 5.38 Å². The van der Waals surface area contributed by atoms with Crippen LogP contribution >= 0.6 is 11.5 Å². The van der Waals surface area contributed by atoms with Crippen molar-refractivity contribution in [2.45, 2.75) is 25.7 Å². The van der Waals surface area contributed by atoms with Crippen LogP contribution in [0.3, 0.4) is 0 Å². The zero-order valence-electron chi connectivity index (χ0n) is 5.26. The molecule has 0 saturated carbocycles. The molecule has 0 aromatic carbocycles. The normalized spacial score (nSPS) is 17.3. The average molecular weight is 139 g/mol. The van der Waals surface area contributed by atoms with Crippen molar-refractivity contribution in [2.24, 2.45) is 0 Å². The monoisotopic (exact) mass is 139 g/mol. The highest BCUT2D eigenvalue weighted by Crippen LogP contribution is 2.20. The van der Waals surface area contributed by atoms with Crippen molar-refractivity contribution in [1.82, 2.24) is 4.37 Å². The molecule has 9 heavy (non-hydrogen) atoms. The lowest BCUT2D eigenvalue weighted by Crippen LogP contribution is -1.99. The van der Waals surface area contributed by atoms with E-state index in [1.807, 2.05) is 0 Å². The molecule has 0 aliphatic heterocycles. The Morgan fingerprint density at radius 2 is 2.22 bits per heavy atom. The second-order valence-electron chi connectivity index (χ2n) is 2.49. The molecule has 0 atom stereocenters. The number of aromatic nitrogens is 1. The fourth-order valence-electron chi connectivity index (χ4n) is 1.30. The van der Waals surface area contributed by atoms with Crippen LogP contribution in [0, 0.1) is 0 Å². The molecular weight excluding hydrogens is 130 g/mol. The van der Waals surface area contributed by atoms with E-state index in [1.54, 1.807) is 11.5 Å². The van der Waals surface area contributed by atoms with E-state index < -0.39 is 0 Å². The van der Waals surface area contributed by atoms with Gasteiger partial charge in [-0.3, -0.25) is 0 Å².